The maximum Gasteiger partial charge on any atom is 0.252 e. The highest BCUT2D eigenvalue weighted by atomic mass is 32.2. The number of nitrogens with one attached hydrogen (secondary N) is 1. The van der Waals surface area contributed by atoms with E-state index in [2.05, 4.69) is 63.8 Å². The van der Waals surface area contributed by atoms with Gasteiger partial charge in [-0.1, -0.05) is 24.3 Å². The quantitative estimate of drug-likeness (QED) is 0.312. The fraction of sp³-hybridized carbons (Fsp3) is 0.345. The molecule has 2 atom stereocenters. The summed E-state index contributed by atoms with van der Waals surface area (Å²) in [5.41, 5.74) is 7.00. The van der Waals surface area contributed by atoms with Crippen molar-refractivity contribution in [3.8, 4) is 0 Å². The van der Waals surface area contributed by atoms with Crippen LogP contribution in [0, 0.1) is 0 Å². The van der Waals surface area contributed by atoms with Gasteiger partial charge in [0.05, 0.1) is 41.9 Å². The lowest BCUT2D eigenvalue weighted by Crippen LogP contribution is -2.35. The summed E-state index contributed by atoms with van der Waals surface area (Å²) in [5.74, 6) is 1.91. The minimum atomic E-state index is -0.925. The van der Waals surface area contributed by atoms with Gasteiger partial charge in [0.2, 0.25) is 0 Å². The molecule has 0 fully saturated rings. The third-order valence-electron chi connectivity index (χ3n) is 7.96. The number of rotatable bonds is 5. The predicted octanol–water partition coefficient (Wildman–Crippen LogP) is 3.68. The van der Waals surface area contributed by atoms with Crippen LogP contribution in [0.4, 0.5) is 0 Å². The van der Waals surface area contributed by atoms with Crippen molar-refractivity contribution in [2.75, 3.05) is 26.4 Å². The van der Waals surface area contributed by atoms with Crippen molar-refractivity contribution < 1.29 is 15.0 Å². The molecular weight excluding hydrogens is 484 g/mol. The lowest BCUT2D eigenvalue weighted by Gasteiger charge is -2.24. The van der Waals surface area contributed by atoms with E-state index in [1.807, 2.05) is 23.9 Å². The third-order valence-corrected chi connectivity index (χ3v) is 8.97. The van der Waals surface area contributed by atoms with Gasteiger partial charge in [-0.15, -0.1) is 0 Å². The van der Waals surface area contributed by atoms with E-state index in [0.29, 0.717) is 13.1 Å². The van der Waals surface area contributed by atoms with Crippen LogP contribution in [0.25, 0.3) is 43.6 Å². The second-order valence-electron chi connectivity index (χ2n) is 10.6. The number of para-hydroxylation sites is 1. The van der Waals surface area contributed by atoms with Gasteiger partial charge < -0.3 is 29.6 Å². The molecule has 0 saturated carbocycles. The fourth-order valence-electron chi connectivity index (χ4n) is 6.24. The van der Waals surface area contributed by atoms with Crippen molar-refractivity contribution in [2.24, 2.45) is 0 Å². The van der Waals surface area contributed by atoms with Crippen LogP contribution in [-0.2, 0) is 25.4 Å². The van der Waals surface area contributed by atoms with E-state index < -0.39 is 12.2 Å². The second kappa shape index (κ2) is 8.49. The Labute approximate surface area is 218 Å². The summed E-state index contributed by atoms with van der Waals surface area (Å²) < 4.78 is 4.28. The molecule has 8 heteroatoms. The number of hydrogen-bond acceptors (Lipinski definition) is 5. The topological polar surface area (TPSA) is 82.7 Å². The maximum absolute atomic E-state index is 13.3. The molecule has 2 aliphatic rings. The second-order valence-corrected chi connectivity index (χ2v) is 11.7. The van der Waals surface area contributed by atoms with Crippen LogP contribution in [0.5, 0.6) is 0 Å². The van der Waals surface area contributed by atoms with Crippen LogP contribution in [-0.4, -0.2) is 68.8 Å². The van der Waals surface area contributed by atoms with Gasteiger partial charge in [0.1, 0.15) is 0 Å². The summed E-state index contributed by atoms with van der Waals surface area (Å²) in [4.78, 5) is 15.5. The molecule has 2 unspecified atom stereocenters. The van der Waals surface area contributed by atoms with Crippen LogP contribution >= 0.6 is 11.8 Å². The summed E-state index contributed by atoms with van der Waals surface area (Å²) >= 11 is 1.91. The number of carbonyl (C=O) groups is 1. The normalized spacial score (nSPS) is 19.4. The summed E-state index contributed by atoms with van der Waals surface area (Å²) in [5, 5.41) is 29.2. The van der Waals surface area contributed by atoms with Crippen LogP contribution in [0.1, 0.15) is 21.5 Å². The lowest BCUT2D eigenvalue weighted by atomic mass is 9.96. The van der Waals surface area contributed by atoms with Crippen LogP contribution < -0.4 is 5.32 Å². The first-order valence-electron chi connectivity index (χ1n) is 12.8. The Morgan fingerprint density at radius 2 is 1.68 bits per heavy atom. The molecule has 0 aliphatic carbocycles. The molecule has 190 valence electrons. The van der Waals surface area contributed by atoms with Gasteiger partial charge in [-0.05, 0) is 43.4 Å². The molecule has 4 heterocycles. The number of benzene rings is 3. The lowest BCUT2D eigenvalue weighted by molar-refractivity contribution is 0.00168. The Kier molecular flexibility index (Phi) is 5.30. The number of amides is 1. The number of aliphatic hydroxyl groups is 2. The van der Waals surface area contributed by atoms with Gasteiger partial charge in [-0.2, -0.15) is 11.8 Å². The van der Waals surface area contributed by atoms with E-state index in [-0.39, 0.29) is 12.5 Å². The molecule has 7 rings (SSSR count). The Morgan fingerprint density at radius 3 is 2.43 bits per heavy atom. The molecule has 0 spiro atoms. The number of fused-ring (bicyclic) bond motifs is 9. The number of thioether (sulfide) groups is 1. The van der Waals surface area contributed by atoms with E-state index in [9.17, 15) is 15.0 Å². The Morgan fingerprint density at radius 1 is 0.973 bits per heavy atom. The summed E-state index contributed by atoms with van der Waals surface area (Å²) in [6.45, 7) is 2.10. The van der Waals surface area contributed by atoms with Crippen LogP contribution in [0.3, 0.4) is 0 Å². The minimum absolute atomic E-state index is 0.0406. The molecule has 5 aromatic rings. The molecule has 7 nitrogen and oxygen atoms in total. The van der Waals surface area contributed by atoms with E-state index in [1.54, 1.807) is 0 Å². The zero-order chi connectivity index (χ0) is 25.4. The number of nitrogens with zero attached hydrogens (tertiary/aromatic N) is 3. The third kappa shape index (κ3) is 3.36. The summed E-state index contributed by atoms with van der Waals surface area (Å²) in [6.07, 6.45) is -1.83. The standard InChI is InChI=1S/C29H30N4O3S/c1-31(2)9-10-37-15-16-7-8-21-18(11-16)25-26-19(12-30-29(26)36)24-17-5-3-4-6-20(17)32-13-22(34)23(35)14-33(21)28(25)27(24)32/h3-8,11,22-23,34-35H,9-10,12-15H2,1-2H3,(H,30,36). The number of aromatic nitrogens is 2. The van der Waals surface area contributed by atoms with E-state index in [1.165, 1.54) is 5.56 Å². The van der Waals surface area contributed by atoms with E-state index in [4.69, 9.17) is 0 Å². The molecule has 3 N–H and O–H groups in total. The first kappa shape index (κ1) is 23.1. The van der Waals surface area contributed by atoms with Gasteiger partial charge >= 0.3 is 0 Å². The van der Waals surface area contributed by atoms with E-state index >= 15 is 0 Å². The Bertz CT molecular complexity index is 1730. The van der Waals surface area contributed by atoms with Gasteiger partial charge in [-0.25, -0.2) is 0 Å². The molecule has 1 amide bonds. The van der Waals surface area contributed by atoms with Crippen molar-refractivity contribution in [1.29, 1.82) is 0 Å². The zero-order valence-electron chi connectivity index (χ0n) is 21.0. The molecule has 37 heavy (non-hydrogen) atoms. The zero-order valence-corrected chi connectivity index (χ0v) is 21.8. The molecule has 0 saturated heterocycles. The SMILES string of the molecule is CN(C)CCSCc1ccc2c(c1)c1c3c(c4c5ccccc5n5c4c1n2CC(O)C(O)C5)CNC3=O. The van der Waals surface area contributed by atoms with Crippen molar-refractivity contribution in [3.63, 3.8) is 0 Å². The highest BCUT2D eigenvalue weighted by Gasteiger charge is 2.34. The first-order chi connectivity index (χ1) is 17.9. The fourth-order valence-corrected chi connectivity index (χ4v) is 7.29. The maximum atomic E-state index is 13.3. The summed E-state index contributed by atoms with van der Waals surface area (Å²) in [6, 6.07) is 14.7. The summed E-state index contributed by atoms with van der Waals surface area (Å²) in [7, 11) is 4.18. The van der Waals surface area contributed by atoms with Crippen LogP contribution in [0.15, 0.2) is 42.5 Å². The van der Waals surface area contributed by atoms with Crippen molar-refractivity contribution in [3.05, 3.63) is 59.2 Å². The monoisotopic (exact) mass is 514 g/mol. The average molecular weight is 515 g/mol. The van der Waals surface area contributed by atoms with Gasteiger partial charge in [-0.3, -0.25) is 4.79 Å². The highest BCUT2D eigenvalue weighted by molar-refractivity contribution is 7.98. The first-order valence-corrected chi connectivity index (χ1v) is 14.0. The van der Waals surface area contributed by atoms with Gasteiger partial charge in [0, 0.05) is 57.2 Å². The highest BCUT2D eigenvalue weighted by Crippen LogP contribution is 2.46. The van der Waals surface area contributed by atoms with Crippen molar-refractivity contribution >= 4 is 61.3 Å². The predicted molar refractivity (Wildman–Crippen MR) is 150 cm³/mol. The van der Waals surface area contributed by atoms with Gasteiger partial charge in [0.25, 0.3) is 5.91 Å². The number of aliphatic hydroxyl groups excluding tert-OH is 2. The molecule has 3 aromatic carbocycles. The van der Waals surface area contributed by atoms with Crippen LogP contribution in [0.2, 0.25) is 0 Å². The van der Waals surface area contributed by atoms with Crippen molar-refractivity contribution in [2.45, 2.75) is 37.6 Å². The molecule has 2 aliphatic heterocycles. The number of carbonyl (C=O) groups excluding carboxylic acids is 1. The number of hydrogen-bond donors (Lipinski definition) is 3. The largest absolute Gasteiger partial charge is 0.388 e. The minimum Gasteiger partial charge on any atom is -0.388 e. The molecule has 0 bridgehead atoms. The Balaban J connectivity index is 1.58. The Hall–Kier alpha value is -3.04. The van der Waals surface area contributed by atoms with Crippen molar-refractivity contribution in [1.82, 2.24) is 19.4 Å². The smallest absolute Gasteiger partial charge is 0.252 e. The molecule has 2 aromatic heterocycles. The molecule has 0 radical (unpaired) electrons. The average Bonchev–Trinajstić information content (AvgIpc) is 3.51. The van der Waals surface area contributed by atoms with Gasteiger partial charge in [0.15, 0.2) is 0 Å². The molecular formula is C29H30N4O3S. The van der Waals surface area contributed by atoms with E-state index in [0.717, 1.165) is 72.8 Å².